The zero-order valence-electron chi connectivity index (χ0n) is 46.2. The molecule has 3 N–H and O–H groups in total. The van der Waals surface area contributed by atoms with Crippen LogP contribution in [0.3, 0.4) is 0 Å². The lowest BCUT2D eigenvalue weighted by atomic mass is 10.0. The van der Waals surface area contributed by atoms with Gasteiger partial charge >= 0.3 is 5.97 Å². The molecule has 0 aliphatic heterocycles. The van der Waals surface area contributed by atoms with E-state index in [-0.39, 0.29) is 24.9 Å². The first-order valence-electron chi connectivity index (χ1n) is 30.4. The molecule has 0 saturated heterocycles. The van der Waals surface area contributed by atoms with Crippen molar-refractivity contribution >= 4 is 11.9 Å². The average Bonchev–Trinajstić information content (AvgIpc) is 3.34. The summed E-state index contributed by atoms with van der Waals surface area (Å²) in [5.41, 5.74) is 0. The molecule has 0 heterocycles. The van der Waals surface area contributed by atoms with E-state index in [1.165, 1.54) is 199 Å². The molecule has 0 rings (SSSR count). The minimum absolute atomic E-state index is 0.0559. The van der Waals surface area contributed by atoms with Crippen LogP contribution >= 0.6 is 0 Å². The number of amides is 1. The maximum Gasteiger partial charge on any atom is 0.306 e. The number of hydrogen-bond donors (Lipinski definition) is 3. The van der Waals surface area contributed by atoms with Gasteiger partial charge in [0.25, 0.3) is 0 Å². The summed E-state index contributed by atoms with van der Waals surface area (Å²) in [5, 5.41) is 23.9. The second-order valence-electron chi connectivity index (χ2n) is 20.8. The number of rotatable bonds is 55. The second kappa shape index (κ2) is 56.7. The number of aliphatic hydroxyl groups is 2. The van der Waals surface area contributed by atoms with Gasteiger partial charge in [-0.25, -0.2) is 0 Å². The third-order valence-electron chi connectivity index (χ3n) is 13.9. The van der Waals surface area contributed by atoms with Crippen LogP contribution in [0.4, 0.5) is 0 Å². The van der Waals surface area contributed by atoms with Crippen LogP contribution in [0.2, 0.25) is 0 Å². The molecule has 3 unspecified atom stereocenters. The largest absolute Gasteiger partial charge is 0.462 e. The van der Waals surface area contributed by atoms with Gasteiger partial charge in [-0.3, -0.25) is 9.59 Å². The van der Waals surface area contributed by atoms with Crippen LogP contribution in [0.25, 0.3) is 0 Å². The number of ether oxygens (including phenoxy) is 1. The summed E-state index contributed by atoms with van der Waals surface area (Å²) in [7, 11) is 0. The van der Waals surface area contributed by atoms with E-state index < -0.39 is 18.2 Å². The Balaban J connectivity index is 4.58. The normalized spacial score (nSPS) is 13.4. The Morgan fingerprint density at radius 2 is 0.754 bits per heavy atom. The summed E-state index contributed by atoms with van der Waals surface area (Å²) in [5.74, 6) is -0.497. The van der Waals surface area contributed by atoms with Crippen molar-refractivity contribution in [2.75, 3.05) is 6.61 Å². The van der Waals surface area contributed by atoms with Crippen LogP contribution in [-0.4, -0.2) is 46.9 Å². The number of carbonyl (C=O) groups excluding carboxylic acids is 2. The van der Waals surface area contributed by atoms with E-state index in [1.54, 1.807) is 0 Å². The fourth-order valence-corrected chi connectivity index (χ4v) is 9.31. The smallest absolute Gasteiger partial charge is 0.306 e. The van der Waals surface area contributed by atoms with E-state index >= 15 is 0 Å². The van der Waals surface area contributed by atoms with Crippen molar-refractivity contribution in [1.29, 1.82) is 0 Å². The second-order valence-corrected chi connectivity index (χ2v) is 20.8. The Morgan fingerprint density at radius 3 is 1.16 bits per heavy atom. The number of allylic oxidation sites excluding steroid dienone is 8. The van der Waals surface area contributed by atoms with Gasteiger partial charge in [0.15, 0.2) is 0 Å². The van der Waals surface area contributed by atoms with E-state index in [4.69, 9.17) is 4.74 Å². The van der Waals surface area contributed by atoms with Gasteiger partial charge in [-0.05, 0) is 77.0 Å². The third-order valence-corrected chi connectivity index (χ3v) is 13.9. The molecular weight excluding hydrogens is 851 g/mol. The Kier molecular flexibility index (Phi) is 54.9. The molecule has 6 nitrogen and oxygen atoms in total. The van der Waals surface area contributed by atoms with Crippen molar-refractivity contribution in [1.82, 2.24) is 5.32 Å². The van der Waals surface area contributed by atoms with Crippen LogP contribution < -0.4 is 5.32 Å². The molecule has 0 saturated carbocycles. The molecule has 404 valence electrons. The zero-order valence-corrected chi connectivity index (χ0v) is 46.2. The summed E-state index contributed by atoms with van der Waals surface area (Å²) in [6.07, 6.45) is 70.4. The van der Waals surface area contributed by atoms with E-state index in [2.05, 4.69) is 74.7 Å². The number of aliphatic hydroxyl groups excluding tert-OH is 2. The molecule has 0 aromatic carbocycles. The van der Waals surface area contributed by atoms with Gasteiger partial charge in [-0.1, -0.05) is 275 Å². The van der Waals surface area contributed by atoms with E-state index in [0.717, 1.165) is 70.6 Å². The average molecular weight is 969 g/mol. The van der Waals surface area contributed by atoms with Crippen molar-refractivity contribution in [2.24, 2.45) is 0 Å². The summed E-state index contributed by atoms with van der Waals surface area (Å²) >= 11 is 0. The number of unbranched alkanes of at least 4 members (excludes halogenated alkanes) is 37. The number of carbonyl (C=O) groups is 2. The predicted molar refractivity (Wildman–Crippen MR) is 301 cm³/mol. The molecule has 1 amide bonds. The molecular formula is C63H117NO5. The van der Waals surface area contributed by atoms with Gasteiger partial charge in [0.05, 0.1) is 25.2 Å². The van der Waals surface area contributed by atoms with Crippen molar-refractivity contribution in [3.63, 3.8) is 0 Å². The SMILES string of the molecule is CCCCCCC/C=C/C=C/C=C/CCCCCC(CC(=O)NC(CO)C(O)CCCCCCCCCCCCCCCCC)OC(=O)CCCCCCCCCCC/C=C/CCCCCCCC. The monoisotopic (exact) mass is 968 g/mol. The summed E-state index contributed by atoms with van der Waals surface area (Å²) in [6, 6.07) is -0.714. The Labute approximate surface area is 429 Å². The molecule has 0 aliphatic carbocycles. The Bertz CT molecular complexity index is 1180. The quantitative estimate of drug-likeness (QED) is 0.0244. The maximum atomic E-state index is 13.3. The van der Waals surface area contributed by atoms with Crippen molar-refractivity contribution in [2.45, 2.75) is 334 Å². The van der Waals surface area contributed by atoms with E-state index in [0.29, 0.717) is 19.3 Å². The van der Waals surface area contributed by atoms with Gasteiger partial charge in [-0.15, -0.1) is 0 Å². The minimum atomic E-state index is -0.798. The molecule has 0 aliphatic rings. The van der Waals surface area contributed by atoms with Crippen molar-refractivity contribution in [3.8, 4) is 0 Å². The maximum absolute atomic E-state index is 13.3. The predicted octanol–water partition coefficient (Wildman–Crippen LogP) is 19.0. The molecule has 0 fully saturated rings. The molecule has 0 aromatic rings. The van der Waals surface area contributed by atoms with Gasteiger partial charge < -0.3 is 20.3 Å². The third kappa shape index (κ3) is 52.0. The van der Waals surface area contributed by atoms with Gasteiger partial charge in [0, 0.05) is 6.42 Å². The lowest BCUT2D eigenvalue weighted by molar-refractivity contribution is -0.151. The highest BCUT2D eigenvalue weighted by molar-refractivity contribution is 5.77. The molecule has 0 radical (unpaired) electrons. The standard InChI is InChI=1S/C63H117NO5/c1-4-7-10-13-16-19-22-25-28-30-31-32-35-38-41-44-47-50-53-56-63(68)69-59(54-51-48-45-42-39-36-34-29-26-23-20-17-14-11-8-5-2)57-62(67)64-60(58-65)61(66)55-52-49-46-43-40-37-33-27-24-21-18-15-12-9-6-3/h23,25-26,28-29,34,36,39,59-61,65-66H,4-22,24,27,30-33,35,37-38,40-58H2,1-3H3,(H,64,67)/b26-23+,28-25+,34-29+,39-36+. The van der Waals surface area contributed by atoms with Crippen LogP contribution in [-0.2, 0) is 14.3 Å². The molecule has 3 atom stereocenters. The summed E-state index contributed by atoms with van der Waals surface area (Å²) in [6.45, 7) is 6.49. The van der Waals surface area contributed by atoms with Crippen LogP contribution in [0, 0.1) is 0 Å². The molecule has 0 bridgehead atoms. The topological polar surface area (TPSA) is 95.9 Å². The first kappa shape index (κ1) is 66.8. The lowest BCUT2D eigenvalue weighted by Crippen LogP contribution is -2.46. The fourth-order valence-electron chi connectivity index (χ4n) is 9.31. The first-order chi connectivity index (χ1) is 34.0. The number of hydrogen-bond acceptors (Lipinski definition) is 5. The molecule has 6 heteroatoms. The minimum Gasteiger partial charge on any atom is -0.462 e. The van der Waals surface area contributed by atoms with Gasteiger partial charge in [-0.2, -0.15) is 0 Å². The number of nitrogens with one attached hydrogen (secondary N) is 1. The van der Waals surface area contributed by atoms with E-state index in [1.807, 2.05) is 0 Å². The van der Waals surface area contributed by atoms with E-state index in [9.17, 15) is 19.8 Å². The number of esters is 1. The summed E-state index contributed by atoms with van der Waals surface area (Å²) < 4.78 is 5.96. The molecule has 0 aromatic heterocycles. The van der Waals surface area contributed by atoms with Crippen LogP contribution in [0.15, 0.2) is 48.6 Å². The Morgan fingerprint density at radius 1 is 0.420 bits per heavy atom. The summed E-state index contributed by atoms with van der Waals surface area (Å²) in [4.78, 5) is 26.3. The van der Waals surface area contributed by atoms with Crippen LogP contribution in [0.5, 0.6) is 0 Å². The van der Waals surface area contributed by atoms with Crippen molar-refractivity contribution < 1.29 is 24.5 Å². The lowest BCUT2D eigenvalue weighted by Gasteiger charge is -2.24. The highest BCUT2D eigenvalue weighted by atomic mass is 16.5. The highest BCUT2D eigenvalue weighted by Crippen LogP contribution is 2.18. The van der Waals surface area contributed by atoms with Crippen molar-refractivity contribution in [3.05, 3.63) is 48.6 Å². The van der Waals surface area contributed by atoms with Crippen LogP contribution in [0.1, 0.15) is 316 Å². The van der Waals surface area contributed by atoms with Gasteiger partial charge in [0.1, 0.15) is 6.10 Å². The van der Waals surface area contributed by atoms with Gasteiger partial charge in [0.2, 0.25) is 5.91 Å². The first-order valence-corrected chi connectivity index (χ1v) is 30.4. The highest BCUT2D eigenvalue weighted by Gasteiger charge is 2.24. The Hall–Kier alpha value is -2.18. The molecule has 0 spiro atoms. The molecule has 69 heavy (non-hydrogen) atoms. The fraction of sp³-hybridized carbons (Fsp3) is 0.841. The zero-order chi connectivity index (χ0) is 50.2.